The van der Waals surface area contributed by atoms with Crippen molar-refractivity contribution < 1.29 is 9.59 Å². The zero-order chi connectivity index (χ0) is 13.4. The van der Waals surface area contributed by atoms with Crippen LogP contribution in [-0.2, 0) is 6.54 Å². The lowest BCUT2D eigenvalue weighted by molar-refractivity contribution is 0.0991. The summed E-state index contributed by atoms with van der Waals surface area (Å²) in [5.41, 5.74) is 8.16. The van der Waals surface area contributed by atoms with Crippen LogP contribution in [0.4, 0.5) is 5.69 Å². The van der Waals surface area contributed by atoms with E-state index in [0.717, 1.165) is 16.8 Å². The first-order chi connectivity index (χ1) is 9.16. The molecule has 0 saturated carbocycles. The third kappa shape index (κ3) is 1.87. The fraction of sp³-hybridized carbons (Fsp3) is 0.0667. The molecule has 0 aliphatic carbocycles. The van der Waals surface area contributed by atoms with E-state index in [1.54, 1.807) is 29.2 Å². The molecular formula is C15H12N2O2. The van der Waals surface area contributed by atoms with Crippen LogP contribution in [0.2, 0.25) is 0 Å². The van der Waals surface area contributed by atoms with Gasteiger partial charge in [-0.2, -0.15) is 0 Å². The first-order valence-electron chi connectivity index (χ1n) is 5.96. The van der Waals surface area contributed by atoms with Gasteiger partial charge in [-0.05, 0) is 35.9 Å². The Balaban J connectivity index is 1.93. The van der Waals surface area contributed by atoms with Crippen molar-refractivity contribution in [2.45, 2.75) is 6.54 Å². The Morgan fingerprint density at radius 1 is 1.05 bits per heavy atom. The molecule has 0 aromatic heterocycles. The molecule has 3 rings (SSSR count). The van der Waals surface area contributed by atoms with Gasteiger partial charge in [0.15, 0.2) is 0 Å². The van der Waals surface area contributed by atoms with E-state index in [2.05, 4.69) is 0 Å². The van der Waals surface area contributed by atoms with Crippen LogP contribution in [0.3, 0.4) is 0 Å². The van der Waals surface area contributed by atoms with Crippen molar-refractivity contribution in [2.24, 2.45) is 5.73 Å². The highest BCUT2D eigenvalue weighted by Gasteiger charge is 2.27. The number of nitrogens with two attached hydrogens (primary N) is 1. The minimum absolute atomic E-state index is 0.0116. The molecule has 2 aromatic carbocycles. The number of benzene rings is 2. The fourth-order valence-corrected chi connectivity index (χ4v) is 2.27. The number of amides is 2. The Hall–Kier alpha value is -2.62. The maximum atomic E-state index is 12.3. The summed E-state index contributed by atoms with van der Waals surface area (Å²) in [4.78, 5) is 25.0. The second-order valence-corrected chi connectivity index (χ2v) is 4.46. The highest BCUT2D eigenvalue weighted by Crippen LogP contribution is 2.28. The normalized spacial score (nSPS) is 13.5. The zero-order valence-corrected chi connectivity index (χ0v) is 10.2. The molecule has 94 valence electrons. The van der Waals surface area contributed by atoms with Gasteiger partial charge in [-0.25, -0.2) is 0 Å². The van der Waals surface area contributed by atoms with E-state index in [4.69, 9.17) is 5.73 Å². The van der Waals surface area contributed by atoms with Crippen LogP contribution in [-0.4, -0.2) is 11.8 Å². The SMILES string of the molecule is NC(=O)c1ccc(N2Cc3ccccc3C2=O)cc1. The summed E-state index contributed by atoms with van der Waals surface area (Å²) in [5, 5.41) is 0. The molecular weight excluding hydrogens is 240 g/mol. The smallest absolute Gasteiger partial charge is 0.258 e. The lowest BCUT2D eigenvalue weighted by Gasteiger charge is -2.15. The molecule has 19 heavy (non-hydrogen) atoms. The molecule has 2 aromatic rings. The molecule has 0 saturated heterocycles. The summed E-state index contributed by atoms with van der Waals surface area (Å²) in [6, 6.07) is 14.3. The standard InChI is InChI=1S/C15H12N2O2/c16-14(18)10-5-7-12(8-6-10)17-9-11-3-1-2-4-13(11)15(17)19/h1-8H,9H2,(H2,16,18). The highest BCUT2D eigenvalue weighted by atomic mass is 16.2. The number of anilines is 1. The lowest BCUT2D eigenvalue weighted by atomic mass is 10.1. The van der Waals surface area contributed by atoms with Crippen molar-refractivity contribution in [1.82, 2.24) is 0 Å². The summed E-state index contributed by atoms with van der Waals surface area (Å²) < 4.78 is 0. The second kappa shape index (κ2) is 4.24. The predicted octanol–water partition coefficient (Wildman–Crippen LogP) is 1.95. The quantitative estimate of drug-likeness (QED) is 0.887. The summed E-state index contributed by atoms with van der Waals surface area (Å²) in [6.45, 7) is 0.560. The Morgan fingerprint density at radius 2 is 1.74 bits per heavy atom. The molecule has 1 aliphatic rings. The minimum Gasteiger partial charge on any atom is -0.366 e. The summed E-state index contributed by atoms with van der Waals surface area (Å²) in [5.74, 6) is -0.481. The monoisotopic (exact) mass is 252 g/mol. The number of hydrogen-bond donors (Lipinski definition) is 1. The van der Waals surface area contributed by atoms with E-state index in [1.807, 2.05) is 24.3 Å². The number of carbonyl (C=O) groups excluding carboxylic acids is 2. The molecule has 4 nitrogen and oxygen atoms in total. The number of carbonyl (C=O) groups is 2. The molecule has 0 bridgehead atoms. The lowest BCUT2D eigenvalue weighted by Crippen LogP contribution is -2.23. The average molecular weight is 252 g/mol. The van der Waals surface area contributed by atoms with E-state index in [9.17, 15) is 9.59 Å². The third-order valence-electron chi connectivity index (χ3n) is 3.28. The van der Waals surface area contributed by atoms with Crippen molar-refractivity contribution in [3.05, 3.63) is 65.2 Å². The first-order valence-corrected chi connectivity index (χ1v) is 5.96. The second-order valence-electron chi connectivity index (χ2n) is 4.46. The van der Waals surface area contributed by atoms with E-state index >= 15 is 0 Å². The van der Waals surface area contributed by atoms with Gasteiger partial charge in [-0.3, -0.25) is 9.59 Å². The molecule has 0 atom stereocenters. The van der Waals surface area contributed by atoms with E-state index in [0.29, 0.717) is 12.1 Å². The largest absolute Gasteiger partial charge is 0.366 e. The van der Waals surface area contributed by atoms with Gasteiger partial charge in [0.05, 0.1) is 6.54 Å². The zero-order valence-electron chi connectivity index (χ0n) is 10.2. The van der Waals surface area contributed by atoms with Crippen LogP contribution in [0.15, 0.2) is 48.5 Å². The van der Waals surface area contributed by atoms with Crippen LogP contribution in [0, 0.1) is 0 Å². The molecule has 2 N–H and O–H groups in total. The van der Waals surface area contributed by atoms with Gasteiger partial charge in [0, 0.05) is 16.8 Å². The Bertz CT molecular complexity index is 662. The fourth-order valence-electron chi connectivity index (χ4n) is 2.27. The maximum absolute atomic E-state index is 12.3. The van der Waals surface area contributed by atoms with Crippen LogP contribution in [0.1, 0.15) is 26.3 Å². The maximum Gasteiger partial charge on any atom is 0.258 e. The van der Waals surface area contributed by atoms with E-state index < -0.39 is 5.91 Å². The minimum atomic E-state index is -0.470. The highest BCUT2D eigenvalue weighted by molar-refractivity contribution is 6.10. The molecule has 2 amide bonds. The Labute approximate surface area is 110 Å². The number of nitrogens with zero attached hydrogens (tertiary/aromatic N) is 1. The number of rotatable bonds is 2. The molecule has 0 radical (unpaired) electrons. The van der Waals surface area contributed by atoms with Crippen LogP contribution >= 0.6 is 0 Å². The predicted molar refractivity (Wildman–Crippen MR) is 71.9 cm³/mol. The average Bonchev–Trinajstić information content (AvgIpc) is 2.77. The number of hydrogen-bond acceptors (Lipinski definition) is 2. The molecule has 1 heterocycles. The first kappa shape index (κ1) is 11.5. The third-order valence-corrected chi connectivity index (χ3v) is 3.28. The molecule has 0 unspecified atom stereocenters. The summed E-state index contributed by atoms with van der Waals surface area (Å²) >= 11 is 0. The van der Waals surface area contributed by atoms with E-state index in [-0.39, 0.29) is 5.91 Å². The molecule has 0 fully saturated rings. The van der Waals surface area contributed by atoms with Gasteiger partial charge >= 0.3 is 0 Å². The van der Waals surface area contributed by atoms with Crippen LogP contribution < -0.4 is 10.6 Å². The van der Waals surface area contributed by atoms with Crippen molar-refractivity contribution in [2.75, 3.05) is 4.90 Å². The van der Waals surface area contributed by atoms with Crippen molar-refractivity contribution in [1.29, 1.82) is 0 Å². The number of primary amides is 1. The van der Waals surface area contributed by atoms with Crippen molar-refractivity contribution >= 4 is 17.5 Å². The summed E-state index contributed by atoms with van der Waals surface area (Å²) in [7, 11) is 0. The van der Waals surface area contributed by atoms with Gasteiger partial charge in [-0.15, -0.1) is 0 Å². The van der Waals surface area contributed by atoms with Gasteiger partial charge in [0.2, 0.25) is 5.91 Å². The van der Waals surface area contributed by atoms with Gasteiger partial charge in [0.25, 0.3) is 5.91 Å². The molecule has 1 aliphatic heterocycles. The summed E-state index contributed by atoms with van der Waals surface area (Å²) in [6.07, 6.45) is 0. The van der Waals surface area contributed by atoms with E-state index in [1.165, 1.54) is 0 Å². The topological polar surface area (TPSA) is 63.4 Å². The van der Waals surface area contributed by atoms with Crippen LogP contribution in [0.25, 0.3) is 0 Å². The van der Waals surface area contributed by atoms with Gasteiger partial charge in [0.1, 0.15) is 0 Å². The van der Waals surface area contributed by atoms with Crippen molar-refractivity contribution in [3.8, 4) is 0 Å². The van der Waals surface area contributed by atoms with Crippen LogP contribution in [0.5, 0.6) is 0 Å². The Kier molecular flexibility index (Phi) is 2.56. The van der Waals surface area contributed by atoms with Crippen molar-refractivity contribution in [3.63, 3.8) is 0 Å². The Morgan fingerprint density at radius 3 is 2.37 bits per heavy atom. The molecule has 0 spiro atoms. The van der Waals surface area contributed by atoms with Gasteiger partial charge in [-0.1, -0.05) is 18.2 Å². The molecule has 4 heteroatoms. The number of fused-ring (bicyclic) bond motifs is 1. The van der Waals surface area contributed by atoms with Gasteiger partial charge < -0.3 is 10.6 Å².